The normalized spacial score (nSPS) is 39.5. The fourth-order valence-electron chi connectivity index (χ4n) is 7.89. The van der Waals surface area contributed by atoms with Gasteiger partial charge in [-0.3, -0.25) is 9.69 Å². The first kappa shape index (κ1) is 24.1. The zero-order valence-corrected chi connectivity index (χ0v) is 22.2. The number of hydrogen-bond acceptors (Lipinski definition) is 4. The third-order valence-corrected chi connectivity index (χ3v) is 10.6. The molecule has 0 bridgehead atoms. The number of hydrogen-bond donors (Lipinski definition) is 0. The number of anilines is 1. The van der Waals surface area contributed by atoms with Crippen LogP contribution in [-0.4, -0.2) is 23.7 Å². The highest BCUT2D eigenvalue weighted by molar-refractivity contribution is 6.09. The van der Waals surface area contributed by atoms with Crippen molar-refractivity contribution in [3.8, 4) is 0 Å². The van der Waals surface area contributed by atoms with E-state index >= 15 is 0 Å². The van der Waals surface area contributed by atoms with Crippen LogP contribution in [0.4, 0.5) is 5.69 Å². The van der Waals surface area contributed by atoms with E-state index in [2.05, 4.69) is 34.6 Å². The molecule has 1 saturated heterocycles. The minimum Gasteiger partial charge on any atom is -0.473 e. The molecule has 2 heterocycles. The molecule has 5 nitrogen and oxygen atoms in total. The van der Waals surface area contributed by atoms with Crippen LogP contribution in [0, 0.1) is 22.2 Å². The second-order valence-electron chi connectivity index (χ2n) is 12.5. The van der Waals surface area contributed by atoms with Crippen LogP contribution in [0.1, 0.15) is 80.6 Å². The monoisotopic (exact) mass is 477 g/mol. The maximum absolute atomic E-state index is 13.3. The first-order valence-electron chi connectivity index (χ1n) is 13.0. The molecule has 2 aliphatic carbocycles. The number of amides is 1. The summed E-state index contributed by atoms with van der Waals surface area (Å²) in [5.74, 6) is -0.393. The second-order valence-corrected chi connectivity index (χ2v) is 12.5. The summed E-state index contributed by atoms with van der Waals surface area (Å²) in [4.78, 5) is 28.1. The Hall–Kier alpha value is -2.56. The van der Waals surface area contributed by atoms with Crippen molar-refractivity contribution < 1.29 is 19.1 Å². The number of ether oxygens (including phenoxy) is 2. The molecule has 3 fully saturated rings. The van der Waals surface area contributed by atoms with Gasteiger partial charge in [0.25, 0.3) is 5.91 Å². The standard InChI is InChI=1S/C30H39NO4/c1-19-20(2)25(31(24(19)32)21-12-9-8-10-13-21)34-18-22-23-28(5)15-11-14-27(3,4)30(28,7)17-16-29(23,6)35-26(22)33/h8-10,12-13,18,23,25H,11,14-17H2,1-7H3/b22-18+/t23-,25?,28-,29-,30+/m1/s1. The predicted molar refractivity (Wildman–Crippen MR) is 136 cm³/mol. The first-order chi connectivity index (χ1) is 16.4. The summed E-state index contributed by atoms with van der Waals surface area (Å²) in [6.07, 6.45) is 6.37. The summed E-state index contributed by atoms with van der Waals surface area (Å²) in [6.45, 7) is 15.5. The van der Waals surface area contributed by atoms with Crippen LogP contribution in [0.3, 0.4) is 0 Å². The molecule has 5 atom stereocenters. The molecule has 0 radical (unpaired) electrons. The summed E-state index contributed by atoms with van der Waals surface area (Å²) < 4.78 is 12.5. The highest BCUT2D eigenvalue weighted by atomic mass is 16.6. The van der Waals surface area contributed by atoms with Gasteiger partial charge in [0.1, 0.15) is 5.60 Å². The third kappa shape index (κ3) is 3.19. The molecule has 5 heteroatoms. The van der Waals surface area contributed by atoms with Crippen LogP contribution in [0.2, 0.25) is 0 Å². The van der Waals surface area contributed by atoms with Gasteiger partial charge < -0.3 is 9.47 Å². The van der Waals surface area contributed by atoms with E-state index in [-0.39, 0.29) is 34.0 Å². The Balaban J connectivity index is 1.54. The van der Waals surface area contributed by atoms with Crippen LogP contribution >= 0.6 is 0 Å². The Morgan fingerprint density at radius 2 is 1.66 bits per heavy atom. The Morgan fingerprint density at radius 1 is 0.971 bits per heavy atom. The lowest BCUT2D eigenvalue weighted by Crippen LogP contribution is -2.62. The van der Waals surface area contributed by atoms with Crippen LogP contribution in [0.5, 0.6) is 0 Å². The van der Waals surface area contributed by atoms with Crippen molar-refractivity contribution in [1.29, 1.82) is 0 Å². The SMILES string of the molecule is CC1=C(C)C(O/C=C2/C(=O)O[C@]3(C)CC[C@@]4(C)C(C)(C)CCC[C@]4(C)[C@@H]23)N(c2ccccc2)C1=O. The van der Waals surface area contributed by atoms with Gasteiger partial charge in [-0.15, -0.1) is 0 Å². The molecule has 1 amide bonds. The van der Waals surface area contributed by atoms with Crippen LogP contribution in [0.15, 0.2) is 53.3 Å². The largest absolute Gasteiger partial charge is 0.473 e. The molecule has 1 aromatic rings. The number of fused-ring (bicyclic) bond motifs is 3. The molecule has 1 unspecified atom stereocenters. The zero-order valence-electron chi connectivity index (χ0n) is 22.2. The number of benzene rings is 1. The van der Waals surface area contributed by atoms with Gasteiger partial charge in [0, 0.05) is 17.2 Å². The molecule has 5 rings (SSSR count). The molecular weight excluding hydrogens is 438 g/mol. The first-order valence-corrected chi connectivity index (χ1v) is 13.0. The zero-order chi connectivity index (χ0) is 25.4. The fourth-order valence-corrected chi connectivity index (χ4v) is 7.89. The van der Waals surface area contributed by atoms with Gasteiger partial charge in [-0.1, -0.05) is 52.3 Å². The number of rotatable bonds is 3. The van der Waals surface area contributed by atoms with Gasteiger partial charge in [-0.25, -0.2) is 4.79 Å². The van der Waals surface area contributed by atoms with Crippen molar-refractivity contribution in [2.24, 2.45) is 22.2 Å². The van der Waals surface area contributed by atoms with E-state index in [1.54, 1.807) is 11.2 Å². The molecule has 1 aromatic carbocycles. The third-order valence-electron chi connectivity index (χ3n) is 10.6. The Labute approximate surface area is 209 Å². The summed E-state index contributed by atoms with van der Waals surface area (Å²) in [5.41, 5.74) is 2.59. The van der Waals surface area contributed by atoms with E-state index < -0.39 is 11.8 Å². The fraction of sp³-hybridized carbons (Fsp3) is 0.600. The van der Waals surface area contributed by atoms with Gasteiger partial charge in [0.2, 0.25) is 6.23 Å². The van der Waals surface area contributed by atoms with E-state index in [0.29, 0.717) is 11.1 Å². The van der Waals surface area contributed by atoms with Crippen molar-refractivity contribution >= 4 is 17.6 Å². The summed E-state index contributed by atoms with van der Waals surface area (Å²) in [6, 6.07) is 9.57. The van der Waals surface area contributed by atoms with Gasteiger partial charge >= 0.3 is 5.97 Å². The number of esters is 1. The summed E-state index contributed by atoms with van der Waals surface area (Å²) in [5, 5.41) is 0. The quantitative estimate of drug-likeness (QED) is 0.282. The molecular formula is C30H39NO4. The van der Waals surface area contributed by atoms with Crippen LogP contribution in [-0.2, 0) is 19.1 Å². The van der Waals surface area contributed by atoms with Crippen molar-refractivity contribution in [2.75, 3.05) is 4.90 Å². The summed E-state index contributed by atoms with van der Waals surface area (Å²) >= 11 is 0. The average Bonchev–Trinajstić information content (AvgIpc) is 3.19. The van der Waals surface area contributed by atoms with E-state index in [0.717, 1.165) is 36.9 Å². The molecule has 2 aliphatic heterocycles. The molecule has 4 aliphatic rings. The van der Waals surface area contributed by atoms with Crippen molar-refractivity contribution in [1.82, 2.24) is 0 Å². The van der Waals surface area contributed by atoms with Crippen molar-refractivity contribution in [2.45, 2.75) is 92.4 Å². The number of carbonyl (C=O) groups excluding carboxylic acids is 2. The second kappa shape index (κ2) is 7.72. The smallest absolute Gasteiger partial charge is 0.338 e. The topological polar surface area (TPSA) is 55.8 Å². The number of nitrogens with zero attached hydrogens (tertiary/aromatic N) is 1. The molecule has 0 spiro atoms. The van der Waals surface area contributed by atoms with Crippen LogP contribution in [0.25, 0.3) is 0 Å². The summed E-state index contributed by atoms with van der Waals surface area (Å²) in [7, 11) is 0. The Morgan fingerprint density at radius 3 is 2.34 bits per heavy atom. The lowest BCUT2D eigenvalue weighted by Gasteiger charge is -2.66. The van der Waals surface area contributed by atoms with Crippen molar-refractivity contribution in [3.05, 3.63) is 53.3 Å². The van der Waals surface area contributed by atoms with Gasteiger partial charge in [0.15, 0.2) is 0 Å². The lowest BCUT2D eigenvalue weighted by atomic mass is 9.38. The van der Waals surface area contributed by atoms with E-state index in [4.69, 9.17) is 9.47 Å². The van der Waals surface area contributed by atoms with Crippen LogP contribution < -0.4 is 4.90 Å². The molecule has 2 saturated carbocycles. The Kier molecular flexibility index (Phi) is 5.32. The Bertz CT molecular complexity index is 1130. The minimum atomic E-state index is -0.581. The lowest BCUT2D eigenvalue weighted by molar-refractivity contribution is -0.198. The van der Waals surface area contributed by atoms with Crippen molar-refractivity contribution in [3.63, 3.8) is 0 Å². The maximum atomic E-state index is 13.3. The number of para-hydroxylation sites is 1. The van der Waals surface area contributed by atoms with Gasteiger partial charge in [0.05, 0.1) is 11.8 Å². The minimum absolute atomic E-state index is 0.0477. The van der Waals surface area contributed by atoms with Gasteiger partial charge in [-0.05, 0) is 80.4 Å². The molecule has 35 heavy (non-hydrogen) atoms. The molecule has 0 N–H and O–H groups in total. The van der Waals surface area contributed by atoms with Gasteiger partial charge in [-0.2, -0.15) is 0 Å². The highest BCUT2D eigenvalue weighted by Crippen LogP contribution is 2.72. The van der Waals surface area contributed by atoms with E-state index in [1.807, 2.05) is 44.2 Å². The molecule has 0 aromatic heterocycles. The number of carbonyl (C=O) groups is 2. The van der Waals surface area contributed by atoms with E-state index in [9.17, 15) is 9.59 Å². The molecule has 188 valence electrons. The predicted octanol–water partition coefficient (Wildman–Crippen LogP) is 6.54. The highest BCUT2D eigenvalue weighted by Gasteiger charge is 2.69. The maximum Gasteiger partial charge on any atom is 0.338 e. The van der Waals surface area contributed by atoms with E-state index in [1.165, 1.54) is 6.42 Å². The average molecular weight is 478 g/mol.